The van der Waals surface area contributed by atoms with E-state index in [2.05, 4.69) is 91.7 Å². The van der Waals surface area contributed by atoms with E-state index in [-0.39, 0.29) is 0 Å². The average Bonchev–Trinajstić information content (AvgIpc) is 2.59. The van der Waals surface area contributed by atoms with Crippen LogP contribution in [0, 0.1) is 0 Å². The van der Waals surface area contributed by atoms with Gasteiger partial charge in [-0.1, -0.05) is 66.7 Å². The summed E-state index contributed by atoms with van der Waals surface area (Å²) in [7, 11) is 0. The normalized spacial score (nSPS) is 22.0. The molecule has 1 saturated heterocycles. The van der Waals surface area contributed by atoms with Gasteiger partial charge in [0.15, 0.2) is 0 Å². The van der Waals surface area contributed by atoms with Crippen LogP contribution in [0.1, 0.15) is 37.5 Å². The van der Waals surface area contributed by atoms with Gasteiger partial charge in [-0.2, -0.15) is 0 Å². The summed E-state index contributed by atoms with van der Waals surface area (Å²) in [5, 5.41) is 0. The molecule has 1 aliphatic heterocycles. The van der Waals surface area contributed by atoms with E-state index in [1.165, 1.54) is 16.7 Å². The van der Waals surface area contributed by atoms with Crippen LogP contribution in [0.5, 0.6) is 0 Å². The van der Waals surface area contributed by atoms with Gasteiger partial charge in [0, 0.05) is 38.3 Å². The predicted molar refractivity (Wildman–Crippen MR) is 107 cm³/mol. The highest BCUT2D eigenvalue weighted by Gasteiger charge is 2.29. The average molecular weight is 335 g/mol. The van der Waals surface area contributed by atoms with Crippen molar-refractivity contribution < 1.29 is 0 Å². The summed E-state index contributed by atoms with van der Waals surface area (Å²) in [4.78, 5) is 5.22. The molecule has 1 fully saturated rings. The second-order valence-electron chi connectivity index (χ2n) is 7.53. The zero-order valence-electron chi connectivity index (χ0n) is 15.8. The molecule has 0 radical (unpaired) electrons. The SMILES string of the molecule is C=C(C)c1ccc(CN2CC(C)N(Cc3ccccc3)[C@H](C)C2)cc1. The molecule has 2 aromatic rings. The molecular formula is C23H30N2. The lowest BCUT2D eigenvalue weighted by atomic mass is 10.0. The molecule has 1 aliphatic rings. The molecule has 2 atom stereocenters. The lowest BCUT2D eigenvalue weighted by Gasteiger charge is -2.44. The summed E-state index contributed by atoms with van der Waals surface area (Å²) in [6.07, 6.45) is 0. The Labute approximate surface area is 152 Å². The number of allylic oxidation sites excluding steroid dienone is 1. The van der Waals surface area contributed by atoms with Crippen molar-refractivity contribution in [2.45, 2.75) is 45.9 Å². The molecule has 0 saturated carbocycles. The predicted octanol–water partition coefficient (Wildman–Crippen LogP) is 4.81. The molecule has 0 amide bonds. The molecule has 0 aromatic heterocycles. The van der Waals surface area contributed by atoms with Gasteiger partial charge in [0.2, 0.25) is 0 Å². The lowest BCUT2D eigenvalue weighted by molar-refractivity contribution is 0.0290. The minimum atomic E-state index is 0.568. The van der Waals surface area contributed by atoms with E-state index >= 15 is 0 Å². The summed E-state index contributed by atoms with van der Waals surface area (Å²) >= 11 is 0. The summed E-state index contributed by atoms with van der Waals surface area (Å²) in [6, 6.07) is 20.8. The van der Waals surface area contributed by atoms with E-state index in [0.717, 1.165) is 31.8 Å². The molecule has 3 rings (SSSR count). The van der Waals surface area contributed by atoms with Gasteiger partial charge in [-0.15, -0.1) is 0 Å². The van der Waals surface area contributed by atoms with Crippen molar-refractivity contribution in [2.24, 2.45) is 0 Å². The number of rotatable bonds is 5. The molecule has 132 valence electrons. The second-order valence-corrected chi connectivity index (χ2v) is 7.53. The fraction of sp³-hybridized carbons (Fsp3) is 0.391. The zero-order valence-corrected chi connectivity index (χ0v) is 15.8. The Hall–Kier alpha value is -1.90. The van der Waals surface area contributed by atoms with E-state index in [1.807, 2.05) is 0 Å². The first-order chi connectivity index (χ1) is 12.0. The molecule has 2 nitrogen and oxygen atoms in total. The molecular weight excluding hydrogens is 304 g/mol. The molecule has 0 bridgehead atoms. The van der Waals surface area contributed by atoms with Crippen LogP contribution in [0.4, 0.5) is 0 Å². The zero-order chi connectivity index (χ0) is 17.8. The van der Waals surface area contributed by atoms with Gasteiger partial charge >= 0.3 is 0 Å². The van der Waals surface area contributed by atoms with Crippen LogP contribution < -0.4 is 0 Å². The van der Waals surface area contributed by atoms with Crippen molar-refractivity contribution in [1.82, 2.24) is 9.80 Å². The Morgan fingerprint density at radius 1 is 0.880 bits per heavy atom. The van der Waals surface area contributed by atoms with Crippen LogP contribution in [-0.2, 0) is 13.1 Å². The summed E-state index contributed by atoms with van der Waals surface area (Å²) in [5.41, 5.74) is 5.16. The second kappa shape index (κ2) is 7.99. The van der Waals surface area contributed by atoms with Crippen molar-refractivity contribution in [1.29, 1.82) is 0 Å². The number of benzene rings is 2. The van der Waals surface area contributed by atoms with E-state index in [9.17, 15) is 0 Å². The third-order valence-corrected chi connectivity index (χ3v) is 5.24. The van der Waals surface area contributed by atoms with Crippen molar-refractivity contribution in [2.75, 3.05) is 13.1 Å². The summed E-state index contributed by atoms with van der Waals surface area (Å²) < 4.78 is 0. The van der Waals surface area contributed by atoms with Gasteiger partial charge in [0.1, 0.15) is 0 Å². The lowest BCUT2D eigenvalue weighted by Crippen LogP contribution is -2.55. The van der Waals surface area contributed by atoms with E-state index in [4.69, 9.17) is 0 Å². The Morgan fingerprint density at radius 3 is 2.00 bits per heavy atom. The van der Waals surface area contributed by atoms with Crippen LogP contribution in [0.15, 0.2) is 61.2 Å². The number of hydrogen-bond acceptors (Lipinski definition) is 2. The maximum absolute atomic E-state index is 4.02. The molecule has 1 unspecified atom stereocenters. The van der Waals surface area contributed by atoms with Crippen LogP contribution >= 0.6 is 0 Å². The molecule has 0 spiro atoms. The molecule has 1 heterocycles. The van der Waals surface area contributed by atoms with Crippen LogP contribution in [0.25, 0.3) is 5.57 Å². The van der Waals surface area contributed by atoms with Gasteiger partial charge in [0.05, 0.1) is 0 Å². The van der Waals surface area contributed by atoms with Crippen molar-refractivity contribution in [3.8, 4) is 0 Å². The van der Waals surface area contributed by atoms with E-state index in [1.54, 1.807) is 0 Å². The van der Waals surface area contributed by atoms with Crippen molar-refractivity contribution in [3.05, 3.63) is 77.9 Å². The highest BCUT2D eigenvalue weighted by atomic mass is 15.3. The third-order valence-electron chi connectivity index (χ3n) is 5.24. The topological polar surface area (TPSA) is 6.48 Å². The maximum atomic E-state index is 4.02. The minimum absolute atomic E-state index is 0.568. The van der Waals surface area contributed by atoms with Gasteiger partial charge in [-0.25, -0.2) is 0 Å². The Kier molecular flexibility index (Phi) is 5.72. The van der Waals surface area contributed by atoms with Gasteiger partial charge in [0.25, 0.3) is 0 Å². The van der Waals surface area contributed by atoms with Crippen LogP contribution in [0.3, 0.4) is 0 Å². The quantitative estimate of drug-likeness (QED) is 0.774. The first-order valence-electron chi connectivity index (χ1n) is 9.30. The maximum Gasteiger partial charge on any atom is 0.0240 e. The largest absolute Gasteiger partial charge is 0.296 e. The highest BCUT2D eigenvalue weighted by molar-refractivity contribution is 5.61. The Morgan fingerprint density at radius 2 is 1.44 bits per heavy atom. The number of piperazine rings is 1. The van der Waals surface area contributed by atoms with E-state index < -0.39 is 0 Å². The summed E-state index contributed by atoms with van der Waals surface area (Å²) in [5.74, 6) is 0. The van der Waals surface area contributed by atoms with Gasteiger partial charge in [-0.05, 0) is 37.5 Å². The van der Waals surface area contributed by atoms with Crippen LogP contribution in [-0.4, -0.2) is 35.0 Å². The molecule has 25 heavy (non-hydrogen) atoms. The van der Waals surface area contributed by atoms with Crippen molar-refractivity contribution in [3.63, 3.8) is 0 Å². The van der Waals surface area contributed by atoms with Gasteiger partial charge < -0.3 is 0 Å². The first kappa shape index (κ1) is 17.9. The molecule has 0 N–H and O–H groups in total. The number of hydrogen-bond donors (Lipinski definition) is 0. The fourth-order valence-electron chi connectivity index (χ4n) is 3.85. The molecule has 2 aromatic carbocycles. The minimum Gasteiger partial charge on any atom is -0.296 e. The van der Waals surface area contributed by atoms with Crippen LogP contribution in [0.2, 0.25) is 0 Å². The highest BCUT2D eigenvalue weighted by Crippen LogP contribution is 2.21. The summed E-state index contributed by atoms with van der Waals surface area (Å²) in [6.45, 7) is 15.1. The Balaban J connectivity index is 1.60. The standard InChI is InChI=1S/C23H30N2/c1-18(2)23-12-10-22(11-13-23)16-24-14-19(3)25(20(4)15-24)17-21-8-6-5-7-9-21/h5-13,19-20H,1,14-17H2,2-4H3/t19-,20?/m1/s1. The molecule has 0 aliphatic carbocycles. The monoisotopic (exact) mass is 334 g/mol. The Bertz CT molecular complexity index is 678. The van der Waals surface area contributed by atoms with Gasteiger partial charge in [-0.3, -0.25) is 9.80 Å². The fourth-order valence-corrected chi connectivity index (χ4v) is 3.85. The van der Waals surface area contributed by atoms with E-state index in [0.29, 0.717) is 12.1 Å². The van der Waals surface area contributed by atoms with Crippen molar-refractivity contribution >= 4 is 5.57 Å². The first-order valence-corrected chi connectivity index (χ1v) is 9.30. The smallest absolute Gasteiger partial charge is 0.0240 e. The number of nitrogens with zero attached hydrogens (tertiary/aromatic N) is 2. The molecule has 2 heteroatoms. The third kappa shape index (κ3) is 4.59.